The molecule has 1 unspecified atom stereocenters. The summed E-state index contributed by atoms with van der Waals surface area (Å²) in [5.41, 5.74) is 0.818. The fourth-order valence-corrected chi connectivity index (χ4v) is 4.90. The number of likely N-dealkylation sites (tertiary alicyclic amines) is 1. The van der Waals surface area contributed by atoms with Gasteiger partial charge in [0, 0.05) is 32.1 Å². The maximum Gasteiger partial charge on any atom is 0.310 e. The first-order valence-electron chi connectivity index (χ1n) is 12.0. The van der Waals surface area contributed by atoms with E-state index in [2.05, 4.69) is 10.3 Å². The van der Waals surface area contributed by atoms with Gasteiger partial charge in [0.15, 0.2) is 5.13 Å². The Balaban J connectivity index is 1.56. The Hall–Kier alpha value is -3.02. The summed E-state index contributed by atoms with van der Waals surface area (Å²) in [7, 11) is 1.51. The molecular weight excluding hydrogens is 520 g/mol. The number of thiazole rings is 1. The molecule has 2 aromatic rings. The van der Waals surface area contributed by atoms with Crippen molar-refractivity contribution in [2.75, 3.05) is 51.8 Å². The first kappa shape index (κ1) is 28.5. The fraction of sp³-hybridized carbons (Fsp3) is 0.480. The quantitative estimate of drug-likeness (QED) is 0.427. The van der Waals surface area contributed by atoms with E-state index in [-0.39, 0.29) is 49.8 Å². The van der Waals surface area contributed by atoms with E-state index in [9.17, 15) is 19.2 Å². The standard InChI is InChI=1S/C25H31ClN4O6S/c1-3-36-24(34)17-7-6-10-29(14-17)22(32)13-18-16-37-25(27-18)28-21(31)15-30(11-12-35-2)23(33)19-8-4-5-9-20(19)26/h4-5,8-9,16-17H,3,6-7,10-15H2,1-2H3,(H,27,28,31). The van der Waals surface area contributed by atoms with E-state index in [4.69, 9.17) is 21.1 Å². The van der Waals surface area contributed by atoms with Gasteiger partial charge in [-0.15, -0.1) is 11.3 Å². The lowest BCUT2D eigenvalue weighted by Gasteiger charge is -2.31. The van der Waals surface area contributed by atoms with Gasteiger partial charge in [-0.1, -0.05) is 23.7 Å². The number of amides is 3. The molecule has 0 aliphatic carbocycles. The van der Waals surface area contributed by atoms with E-state index < -0.39 is 5.91 Å². The topological polar surface area (TPSA) is 118 Å². The van der Waals surface area contributed by atoms with Crippen molar-refractivity contribution in [1.29, 1.82) is 0 Å². The van der Waals surface area contributed by atoms with E-state index in [0.717, 1.165) is 6.42 Å². The van der Waals surface area contributed by atoms with Crippen molar-refractivity contribution in [2.45, 2.75) is 26.2 Å². The van der Waals surface area contributed by atoms with Gasteiger partial charge >= 0.3 is 5.97 Å². The van der Waals surface area contributed by atoms with Crippen molar-refractivity contribution in [3.63, 3.8) is 0 Å². The van der Waals surface area contributed by atoms with Gasteiger partial charge in [0.25, 0.3) is 5.91 Å². The summed E-state index contributed by atoms with van der Waals surface area (Å²) in [6.07, 6.45) is 1.50. The second-order valence-electron chi connectivity index (χ2n) is 8.50. The third-order valence-electron chi connectivity index (χ3n) is 5.82. The SMILES string of the molecule is CCOC(=O)C1CCCN(C(=O)Cc2csc(NC(=O)CN(CCOC)C(=O)c3ccccc3Cl)n2)C1. The lowest BCUT2D eigenvalue weighted by Crippen LogP contribution is -2.43. The summed E-state index contributed by atoms with van der Waals surface area (Å²) in [4.78, 5) is 57.9. The summed E-state index contributed by atoms with van der Waals surface area (Å²) < 4.78 is 10.2. The van der Waals surface area contributed by atoms with Gasteiger partial charge in [-0.05, 0) is 31.9 Å². The second-order valence-corrected chi connectivity index (χ2v) is 9.76. The molecule has 37 heavy (non-hydrogen) atoms. The van der Waals surface area contributed by atoms with Crippen LogP contribution in [0.15, 0.2) is 29.6 Å². The number of halogens is 1. The normalized spacial score (nSPS) is 15.2. The van der Waals surface area contributed by atoms with E-state index in [1.807, 2.05) is 0 Å². The van der Waals surface area contributed by atoms with Gasteiger partial charge in [-0.25, -0.2) is 4.98 Å². The molecule has 3 amide bonds. The molecule has 2 heterocycles. The molecule has 1 saturated heterocycles. The monoisotopic (exact) mass is 550 g/mol. The lowest BCUT2D eigenvalue weighted by molar-refractivity contribution is -0.151. The van der Waals surface area contributed by atoms with Gasteiger partial charge in [0.1, 0.15) is 6.54 Å². The smallest absolute Gasteiger partial charge is 0.310 e. The Kier molecular flexibility index (Phi) is 10.8. The number of methoxy groups -OCH3 is 1. The number of benzene rings is 1. The second kappa shape index (κ2) is 14.1. The van der Waals surface area contributed by atoms with Crippen molar-refractivity contribution in [3.8, 4) is 0 Å². The minimum atomic E-state index is -0.433. The molecule has 1 aliphatic heterocycles. The minimum Gasteiger partial charge on any atom is -0.466 e. The van der Waals surface area contributed by atoms with Crippen LogP contribution in [0.25, 0.3) is 0 Å². The molecule has 0 bridgehead atoms. The first-order valence-corrected chi connectivity index (χ1v) is 13.3. The summed E-state index contributed by atoms with van der Waals surface area (Å²) in [6.45, 7) is 3.23. The number of carbonyl (C=O) groups is 4. The summed E-state index contributed by atoms with van der Waals surface area (Å²) in [5.74, 6) is -1.53. The Morgan fingerprint density at radius 1 is 1.27 bits per heavy atom. The third kappa shape index (κ3) is 8.24. The van der Waals surface area contributed by atoms with Crippen LogP contribution in [0.4, 0.5) is 5.13 Å². The van der Waals surface area contributed by atoms with Crippen LogP contribution >= 0.6 is 22.9 Å². The molecule has 200 valence electrons. The zero-order chi connectivity index (χ0) is 26.8. The minimum absolute atomic E-state index is 0.0624. The summed E-state index contributed by atoms with van der Waals surface area (Å²) in [6, 6.07) is 6.64. The van der Waals surface area contributed by atoms with Crippen LogP contribution in [0, 0.1) is 5.92 Å². The van der Waals surface area contributed by atoms with Crippen LogP contribution in [0.3, 0.4) is 0 Å². The Labute approximate surface area is 224 Å². The number of carbonyl (C=O) groups excluding carboxylic acids is 4. The number of aromatic nitrogens is 1. The Morgan fingerprint density at radius 2 is 2.05 bits per heavy atom. The lowest BCUT2D eigenvalue weighted by atomic mass is 9.98. The molecule has 0 spiro atoms. The summed E-state index contributed by atoms with van der Waals surface area (Å²) >= 11 is 7.35. The van der Waals surface area contributed by atoms with Gasteiger partial charge in [-0.2, -0.15) is 0 Å². The zero-order valence-corrected chi connectivity index (χ0v) is 22.5. The molecular formula is C25H31ClN4O6S. The molecule has 1 aromatic carbocycles. The molecule has 1 aromatic heterocycles. The van der Waals surface area contributed by atoms with Crippen molar-refractivity contribution in [3.05, 3.63) is 45.9 Å². The molecule has 1 aliphatic rings. The Morgan fingerprint density at radius 3 is 2.78 bits per heavy atom. The number of nitrogens with zero attached hydrogens (tertiary/aromatic N) is 3. The first-order chi connectivity index (χ1) is 17.8. The Bertz CT molecular complexity index is 1110. The maximum absolute atomic E-state index is 13.0. The van der Waals surface area contributed by atoms with Crippen LogP contribution in [0.5, 0.6) is 0 Å². The van der Waals surface area contributed by atoms with E-state index >= 15 is 0 Å². The molecule has 12 heteroatoms. The number of hydrogen-bond acceptors (Lipinski definition) is 8. The molecule has 1 atom stereocenters. The van der Waals surface area contributed by atoms with E-state index in [1.165, 1.54) is 23.3 Å². The van der Waals surface area contributed by atoms with Crippen LogP contribution in [-0.4, -0.2) is 85.0 Å². The van der Waals surface area contributed by atoms with Crippen molar-refractivity contribution < 1.29 is 28.7 Å². The van der Waals surface area contributed by atoms with E-state index in [0.29, 0.717) is 47.5 Å². The third-order valence-corrected chi connectivity index (χ3v) is 6.95. The van der Waals surface area contributed by atoms with Gasteiger partial charge in [0.2, 0.25) is 11.8 Å². The predicted octanol–water partition coefficient (Wildman–Crippen LogP) is 2.87. The highest BCUT2D eigenvalue weighted by molar-refractivity contribution is 7.13. The molecule has 3 rings (SSSR count). The average Bonchev–Trinajstić information content (AvgIpc) is 3.32. The van der Waals surface area contributed by atoms with Gasteiger partial charge < -0.3 is 24.6 Å². The van der Waals surface area contributed by atoms with Crippen molar-refractivity contribution in [1.82, 2.24) is 14.8 Å². The highest BCUT2D eigenvalue weighted by Gasteiger charge is 2.29. The number of hydrogen-bond donors (Lipinski definition) is 1. The largest absolute Gasteiger partial charge is 0.466 e. The number of anilines is 1. The van der Waals surface area contributed by atoms with Crippen LogP contribution in [0.2, 0.25) is 5.02 Å². The van der Waals surface area contributed by atoms with E-state index in [1.54, 1.807) is 41.5 Å². The predicted molar refractivity (Wildman–Crippen MR) is 140 cm³/mol. The van der Waals surface area contributed by atoms with Crippen LogP contribution in [-0.2, 0) is 30.3 Å². The molecule has 1 fully saturated rings. The highest BCUT2D eigenvalue weighted by Crippen LogP contribution is 2.21. The van der Waals surface area contributed by atoms with Gasteiger partial charge in [-0.3, -0.25) is 19.2 Å². The maximum atomic E-state index is 13.0. The van der Waals surface area contributed by atoms with Crippen LogP contribution < -0.4 is 5.32 Å². The molecule has 0 radical (unpaired) electrons. The molecule has 10 nitrogen and oxygen atoms in total. The summed E-state index contributed by atoms with van der Waals surface area (Å²) in [5, 5.41) is 5.02. The van der Waals surface area contributed by atoms with Crippen molar-refractivity contribution in [2.24, 2.45) is 5.92 Å². The number of esters is 1. The molecule has 0 saturated carbocycles. The average molecular weight is 551 g/mol. The fourth-order valence-electron chi connectivity index (χ4n) is 3.96. The number of ether oxygens (including phenoxy) is 2. The highest BCUT2D eigenvalue weighted by atomic mass is 35.5. The van der Waals surface area contributed by atoms with Crippen LogP contribution in [0.1, 0.15) is 35.8 Å². The zero-order valence-electron chi connectivity index (χ0n) is 20.9. The number of nitrogens with one attached hydrogen (secondary N) is 1. The number of piperidine rings is 1. The number of rotatable bonds is 11. The van der Waals surface area contributed by atoms with Gasteiger partial charge in [0.05, 0.1) is 41.8 Å². The van der Waals surface area contributed by atoms with Crippen molar-refractivity contribution >= 4 is 51.8 Å². The molecule has 1 N–H and O–H groups in total.